The van der Waals surface area contributed by atoms with Crippen LogP contribution in [0.15, 0.2) is 24.3 Å². The Morgan fingerprint density at radius 2 is 1.95 bits per heavy atom. The van der Waals surface area contributed by atoms with Gasteiger partial charge in [0.05, 0.1) is 6.54 Å². The molecule has 0 radical (unpaired) electrons. The summed E-state index contributed by atoms with van der Waals surface area (Å²) in [4.78, 5) is 25.8. The van der Waals surface area contributed by atoms with Crippen molar-refractivity contribution in [2.75, 3.05) is 6.54 Å². The van der Waals surface area contributed by atoms with Crippen LogP contribution in [0.1, 0.15) is 25.8 Å². The Labute approximate surface area is 126 Å². The van der Waals surface area contributed by atoms with Gasteiger partial charge in [-0.2, -0.15) is 0 Å². The molecular formula is C14H17IN2O2. The van der Waals surface area contributed by atoms with Crippen LogP contribution in [0, 0.1) is 3.57 Å². The molecule has 0 spiro atoms. The molecule has 0 saturated carbocycles. The molecule has 1 aliphatic rings. The Bertz CT molecular complexity index is 501. The number of rotatable bonds is 3. The summed E-state index contributed by atoms with van der Waals surface area (Å²) in [5, 5.41) is 2.79. The van der Waals surface area contributed by atoms with Crippen molar-refractivity contribution in [3.8, 4) is 0 Å². The monoisotopic (exact) mass is 372 g/mol. The average Bonchev–Trinajstić information content (AvgIpc) is 2.38. The first-order chi connectivity index (χ1) is 8.94. The summed E-state index contributed by atoms with van der Waals surface area (Å²) in [7, 11) is 0. The highest BCUT2D eigenvalue weighted by Crippen LogP contribution is 2.20. The second-order valence-corrected chi connectivity index (χ2v) is 6.27. The van der Waals surface area contributed by atoms with Crippen molar-refractivity contribution in [2.45, 2.75) is 32.4 Å². The Morgan fingerprint density at radius 1 is 1.32 bits per heavy atom. The minimum atomic E-state index is -0.765. The molecule has 1 aromatic rings. The molecule has 1 atom stereocenters. The highest BCUT2D eigenvalue weighted by molar-refractivity contribution is 14.1. The van der Waals surface area contributed by atoms with Crippen LogP contribution in [-0.2, 0) is 16.1 Å². The fourth-order valence-electron chi connectivity index (χ4n) is 2.17. The fraction of sp³-hybridized carbons (Fsp3) is 0.429. The van der Waals surface area contributed by atoms with Gasteiger partial charge in [-0.1, -0.05) is 19.1 Å². The van der Waals surface area contributed by atoms with Crippen molar-refractivity contribution >= 4 is 34.4 Å². The number of amides is 2. The van der Waals surface area contributed by atoms with Crippen LogP contribution < -0.4 is 5.32 Å². The van der Waals surface area contributed by atoms with Crippen LogP contribution in [0.2, 0.25) is 0 Å². The molecule has 1 heterocycles. The predicted molar refractivity (Wildman–Crippen MR) is 81.4 cm³/mol. The van der Waals surface area contributed by atoms with Gasteiger partial charge in [-0.05, 0) is 53.6 Å². The van der Waals surface area contributed by atoms with E-state index in [-0.39, 0.29) is 18.4 Å². The molecule has 1 unspecified atom stereocenters. The molecule has 1 aliphatic heterocycles. The van der Waals surface area contributed by atoms with Gasteiger partial charge < -0.3 is 10.2 Å². The standard InChI is InChI=1S/C14H17IN2O2/c1-3-14(2)13(19)17(9-12(18)16-14)8-10-4-6-11(15)7-5-10/h4-7H,3,8-9H2,1-2H3,(H,16,18). The van der Waals surface area contributed by atoms with Gasteiger partial charge in [0.2, 0.25) is 11.8 Å². The maximum Gasteiger partial charge on any atom is 0.248 e. The molecule has 102 valence electrons. The maximum absolute atomic E-state index is 12.4. The van der Waals surface area contributed by atoms with Crippen molar-refractivity contribution < 1.29 is 9.59 Å². The van der Waals surface area contributed by atoms with Gasteiger partial charge >= 0.3 is 0 Å². The van der Waals surface area contributed by atoms with Crippen molar-refractivity contribution in [1.82, 2.24) is 10.2 Å². The van der Waals surface area contributed by atoms with E-state index >= 15 is 0 Å². The Balaban J connectivity index is 2.17. The lowest BCUT2D eigenvalue weighted by atomic mass is 9.94. The van der Waals surface area contributed by atoms with Crippen molar-refractivity contribution in [3.63, 3.8) is 0 Å². The highest BCUT2D eigenvalue weighted by atomic mass is 127. The zero-order chi connectivity index (χ0) is 14.0. The third-order valence-electron chi connectivity index (χ3n) is 3.50. The van der Waals surface area contributed by atoms with E-state index in [4.69, 9.17) is 0 Å². The molecule has 19 heavy (non-hydrogen) atoms. The van der Waals surface area contributed by atoms with Gasteiger partial charge in [-0.3, -0.25) is 9.59 Å². The van der Waals surface area contributed by atoms with Crippen molar-refractivity contribution in [3.05, 3.63) is 33.4 Å². The topological polar surface area (TPSA) is 49.4 Å². The third kappa shape index (κ3) is 3.08. The fourth-order valence-corrected chi connectivity index (χ4v) is 2.53. The molecule has 1 saturated heterocycles. The Hall–Kier alpha value is -1.11. The van der Waals surface area contributed by atoms with Gasteiger partial charge in [-0.25, -0.2) is 0 Å². The highest BCUT2D eigenvalue weighted by Gasteiger charge is 2.41. The van der Waals surface area contributed by atoms with Crippen molar-refractivity contribution in [2.24, 2.45) is 0 Å². The van der Waals surface area contributed by atoms with E-state index in [2.05, 4.69) is 27.9 Å². The summed E-state index contributed by atoms with van der Waals surface area (Å²) in [5.74, 6) is -0.0948. The zero-order valence-corrected chi connectivity index (χ0v) is 13.2. The van der Waals surface area contributed by atoms with Gasteiger partial charge in [0, 0.05) is 10.1 Å². The van der Waals surface area contributed by atoms with Crippen molar-refractivity contribution in [1.29, 1.82) is 0 Å². The van der Waals surface area contributed by atoms with E-state index in [9.17, 15) is 9.59 Å². The van der Waals surface area contributed by atoms with E-state index in [1.807, 2.05) is 31.2 Å². The number of carbonyl (C=O) groups is 2. The molecule has 1 fully saturated rings. The van der Waals surface area contributed by atoms with Crippen LogP contribution in [0.4, 0.5) is 0 Å². The summed E-state index contributed by atoms with van der Waals surface area (Å²) in [6.45, 7) is 4.32. The van der Waals surface area contributed by atoms with Gasteiger partial charge in [0.1, 0.15) is 5.54 Å². The lowest BCUT2D eigenvalue weighted by molar-refractivity contribution is -0.149. The molecule has 0 aromatic heterocycles. The number of hydrogen-bond acceptors (Lipinski definition) is 2. The molecule has 1 N–H and O–H groups in total. The SMILES string of the molecule is CCC1(C)NC(=O)CN(Cc2ccc(I)cc2)C1=O. The number of nitrogens with zero attached hydrogens (tertiary/aromatic N) is 1. The third-order valence-corrected chi connectivity index (χ3v) is 4.22. The van der Waals surface area contributed by atoms with E-state index in [1.54, 1.807) is 11.8 Å². The second kappa shape index (κ2) is 5.48. The van der Waals surface area contributed by atoms with Gasteiger partial charge in [0.25, 0.3) is 0 Å². The largest absolute Gasteiger partial charge is 0.340 e. The summed E-state index contributed by atoms with van der Waals surface area (Å²) in [5.41, 5.74) is 0.278. The average molecular weight is 372 g/mol. The minimum absolute atomic E-state index is 0.00634. The van der Waals surface area contributed by atoms with E-state index in [0.29, 0.717) is 13.0 Å². The number of benzene rings is 1. The van der Waals surface area contributed by atoms with Crippen LogP contribution in [-0.4, -0.2) is 28.8 Å². The van der Waals surface area contributed by atoms with Crippen LogP contribution in [0.5, 0.6) is 0 Å². The number of hydrogen-bond donors (Lipinski definition) is 1. The molecule has 4 nitrogen and oxygen atoms in total. The van der Waals surface area contributed by atoms with Crippen LogP contribution >= 0.6 is 22.6 Å². The summed E-state index contributed by atoms with van der Waals surface area (Å²) in [6.07, 6.45) is 0.598. The van der Waals surface area contributed by atoms with Gasteiger partial charge in [-0.15, -0.1) is 0 Å². The molecule has 2 amide bonds. The molecule has 0 bridgehead atoms. The first kappa shape index (κ1) is 14.3. The Morgan fingerprint density at radius 3 is 2.53 bits per heavy atom. The lowest BCUT2D eigenvalue weighted by Gasteiger charge is -2.39. The summed E-state index contributed by atoms with van der Waals surface area (Å²) < 4.78 is 1.16. The molecule has 0 aliphatic carbocycles. The maximum atomic E-state index is 12.4. The molecular weight excluding hydrogens is 355 g/mol. The van der Waals surface area contributed by atoms with Crippen LogP contribution in [0.3, 0.4) is 0 Å². The number of halogens is 1. The lowest BCUT2D eigenvalue weighted by Crippen LogP contribution is -2.64. The molecule has 1 aromatic carbocycles. The second-order valence-electron chi connectivity index (χ2n) is 5.02. The smallest absolute Gasteiger partial charge is 0.248 e. The quantitative estimate of drug-likeness (QED) is 0.825. The van der Waals surface area contributed by atoms with Gasteiger partial charge in [0.15, 0.2) is 0 Å². The van der Waals surface area contributed by atoms with E-state index in [1.165, 1.54) is 0 Å². The first-order valence-electron chi connectivity index (χ1n) is 6.29. The predicted octanol–water partition coefficient (Wildman–Crippen LogP) is 1.92. The molecule has 5 heteroatoms. The molecule has 2 rings (SSSR count). The first-order valence-corrected chi connectivity index (χ1v) is 7.37. The van der Waals surface area contributed by atoms with Crippen LogP contribution in [0.25, 0.3) is 0 Å². The minimum Gasteiger partial charge on any atom is -0.340 e. The normalized spacial score (nSPS) is 23.4. The summed E-state index contributed by atoms with van der Waals surface area (Å²) >= 11 is 2.24. The number of piperazine rings is 1. The number of carbonyl (C=O) groups excluding carboxylic acids is 2. The van der Waals surface area contributed by atoms with E-state index in [0.717, 1.165) is 9.13 Å². The summed E-state index contributed by atoms with van der Waals surface area (Å²) in [6, 6.07) is 7.99. The Kier molecular flexibility index (Phi) is 4.13. The number of nitrogens with one attached hydrogen (secondary N) is 1. The van der Waals surface area contributed by atoms with E-state index < -0.39 is 5.54 Å². The zero-order valence-electron chi connectivity index (χ0n) is 11.1.